The van der Waals surface area contributed by atoms with Crippen LogP contribution in [0.1, 0.15) is 31.2 Å². The van der Waals surface area contributed by atoms with E-state index in [0.29, 0.717) is 12.5 Å². The van der Waals surface area contributed by atoms with E-state index < -0.39 is 0 Å². The van der Waals surface area contributed by atoms with Crippen molar-refractivity contribution in [1.82, 2.24) is 14.7 Å². The summed E-state index contributed by atoms with van der Waals surface area (Å²) in [6.45, 7) is 10.7. The second-order valence-electron chi connectivity index (χ2n) is 8.46. The number of rotatable bonds is 4. The standard InChI is InChI=1S/C22H34N4O/c1-19-5-4-8-21(17-19)25-11-9-23(10-12-25)18-22(27)26-15-13-24(14-16-26)20-6-2-3-7-20/h4-5,8,17,20H,2-3,6-7,9-16,18H2,1H3. The van der Waals surface area contributed by atoms with Crippen LogP contribution < -0.4 is 4.90 Å². The quantitative estimate of drug-likeness (QED) is 0.813. The lowest BCUT2D eigenvalue weighted by Crippen LogP contribution is -2.55. The van der Waals surface area contributed by atoms with Gasteiger partial charge in [-0.3, -0.25) is 14.6 Å². The van der Waals surface area contributed by atoms with Gasteiger partial charge in [0.25, 0.3) is 0 Å². The minimum Gasteiger partial charge on any atom is -0.369 e. The molecule has 0 radical (unpaired) electrons. The van der Waals surface area contributed by atoms with Crippen molar-refractivity contribution < 1.29 is 4.79 Å². The van der Waals surface area contributed by atoms with Gasteiger partial charge in [0.05, 0.1) is 6.54 Å². The Labute approximate surface area is 163 Å². The summed E-state index contributed by atoms with van der Waals surface area (Å²) in [5.74, 6) is 0.324. The number of benzene rings is 1. The lowest BCUT2D eigenvalue weighted by molar-refractivity contribution is -0.134. The molecule has 1 aliphatic carbocycles. The number of hydrogen-bond donors (Lipinski definition) is 0. The number of nitrogens with zero attached hydrogens (tertiary/aromatic N) is 4. The Bertz CT molecular complexity index is 627. The average molecular weight is 371 g/mol. The van der Waals surface area contributed by atoms with Crippen LogP contribution in [-0.2, 0) is 4.79 Å². The molecule has 3 aliphatic rings. The van der Waals surface area contributed by atoms with Crippen molar-refractivity contribution in [2.45, 2.75) is 38.6 Å². The highest BCUT2D eigenvalue weighted by Gasteiger charge is 2.29. The van der Waals surface area contributed by atoms with Gasteiger partial charge >= 0.3 is 0 Å². The molecule has 27 heavy (non-hydrogen) atoms. The monoisotopic (exact) mass is 370 g/mol. The average Bonchev–Trinajstić information content (AvgIpc) is 3.23. The Balaban J connectivity index is 1.20. The van der Waals surface area contributed by atoms with Gasteiger partial charge in [-0.2, -0.15) is 0 Å². The van der Waals surface area contributed by atoms with E-state index in [1.54, 1.807) is 0 Å². The van der Waals surface area contributed by atoms with E-state index in [4.69, 9.17) is 0 Å². The summed E-state index contributed by atoms with van der Waals surface area (Å²) in [6, 6.07) is 9.51. The summed E-state index contributed by atoms with van der Waals surface area (Å²) in [5.41, 5.74) is 2.62. The number of piperazine rings is 2. The molecule has 4 rings (SSSR count). The number of carbonyl (C=O) groups excluding carboxylic acids is 1. The molecule has 2 heterocycles. The molecule has 0 unspecified atom stereocenters. The van der Waals surface area contributed by atoms with E-state index in [-0.39, 0.29) is 0 Å². The molecular formula is C22H34N4O. The molecule has 0 atom stereocenters. The Morgan fingerprint density at radius 2 is 1.67 bits per heavy atom. The zero-order valence-corrected chi connectivity index (χ0v) is 16.8. The highest BCUT2D eigenvalue weighted by molar-refractivity contribution is 5.78. The maximum absolute atomic E-state index is 12.7. The molecular weight excluding hydrogens is 336 g/mol. The van der Waals surface area contributed by atoms with Crippen molar-refractivity contribution in [1.29, 1.82) is 0 Å². The summed E-state index contributed by atoms with van der Waals surface area (Å²) < 4.78 is 0. The second-order valence-corrected chi connectivity index (χ2v) is 8.46. The first-order valence-electron chi connectivity index (χ1n) is 10.7. The summed E-state index contributed by atoms with van der Waals surface area (Å²) in [4.78, 5) is 22.2. The van der Waals surface area contributed by atoms with E-state index in [1.165, 1.54) is 36.9 Å². The van der Waals surface area contributed by atoms with E-state index in [2.05, 4.69) is 50.8 Å². The van der Waals surface area contributed by atoms with Crippen LogP contribution in [0.25, 0.3) is 0 Å². The maximum Gasteiger partial charge on any atom is 0.236 e. The van der Waals surface area contributed by atoms with Gasteiger partial charge in [-0.05, 0) is 37.5 Å². The van der Waals surface area contributed by atoms with Crippen LogP contribution in [0, 0.1) is 6.92 Å². The third kappa shape index (κ3) is 4.64. The van der Waals surface area contributed by atoms with Crippen molar-refractivity contribution >= 4 is 11.6 Å². The number of carbonyl (C=O) groups is 1. The van der Waals surface area contributed by atoms with Gasteiger partial charge in [-0.15, -0.1) is 0 Å². The largest absolute Gasteiger partial charge is 0.369 e. The van der Waals surface area contributed by atoms with Gasteiger partial charge in [-0.25, -0.2) is 0 Å². The summed E-state index contributed by atoms with van der Waals surface area (Å²) in [6.07, 6.45) is 5.50. The second kappa shape index (κ2) is 8.61. The van der Waals surface area contributed by atoms with Crippen molar-refractivity contribution in [3.8, 4) is 0 Å². The van der Waals surface area contributed by atoms with E-state index in [9.17, 15) is 4.79 Å². The topological polar surface area (TPSA) is 30.0 Å². The SMILES string of the molecule is Cc1cccc(N2CCN(CC(=O)N3CCN(C4CCCC4)CC3)CC2)c1. The van der Waals surface area contributed by atoms with Crippen molar-refractivity contribution in [2.75, 3.05) is 63.8 Å². The molecule has 5 heteroatoms. The zero-order chi connectivity index (χ0) is 18.6. The first kappa shape index (κ1) is 18.8. The smallest absolute Gasteiger partial charge is 0.236 e. The van der Waals surface area contributed by atoms with Crippen LogP contribution in [0.3, 0.4) is 0 Å². The highest BCUT2D eigenvalue weighted by Crippen LogP contribution is 2.24. The fraction of sp³-hybridized carbons (Fsp3) is 0.682. The fourth-order valence-electron chi connectivity index (χ4n) is 4.89. The van der Waals surface area contributed by atoms with E-state index in [1.807, 2.05) is 0 Å². The molecule has 1 aromatic carbocycles. The first-order valence-corrected chi connectivity index (χ1v) is 10.7. The number of anilines is 1. The van der Waals surface area contributed by atoms with Crippen LogP contribution in [0.4, 0.5) is 5.69 Å². The van der Waals surface area contributed by atoms with Crippen LogP contribution >= 0.6 is 0 Å². The molecule has 148 valence electrons. The molecule has 1 saturated carbocycles. The van der Waals surface area contributed by atoms with Crippen LogP contribution in [-0.4, -0.2) is 85.6 Å². The van der Waals surface area contributed by atoms with Gasteiger partial charge < -0.3 is 9.80 Å². The van der Waals surface area contributed by atoms with Crippen molar-refractivity contribution in [3.05, 3.63) is 29.8 Å². The highest BCUT2D eigenvalue weighted by atomic mass is 16.2. The molecule has 0 spiro atoms. The van der Waals surface area contributed by atoms with E-state index >= 15 is 0 Å². The Morgan fingerprint density at radius 3 is 2.33 bits per heavy atom. The van der Waals surface area contributed by atoms with Crippen molar-refractivity contribution in [3.63, 3.8) is 0 Å². The fourth-order valence-corrected chi connectivity index (χ4v) is 4.89. The maximum atomic E-state index is 12.7. The zero-order valence-electron chi connectivity index (χ0n) is 16.8. The van der Waals surface area contributed by atoms with Gasteiger partial charge in [0, 0.05) is 64.1 Å². The minimum atomic E-state index is 0.324. The number of aryl methyl sites for hydroxylation is 1. The molecule has 0 aromatic heterocycles. The molecule has 0 N–H and O–H groups in total. The number of hydrogen-bond acceptors (Lipinski definition) is 4. The molecule has 5 nitrogen and oxygen atoms in total. The number of amides is 1. The summed E-state index contributed by atoms with van der Waals surface area (Å²) >= 11 is 0. The van der Waals surface area contributed by atoms with Gasteiger partial charge in [0.2, 0.25) is 5.91 Å². The molecule has 0 bridgehead atoms. The van der Waals surface area contributed by atoms with Gasteiger partial charge in [0.15, 0.2) is 0 Å². The van der Waals surface area contributed by atoms with Crippen LogP contribution in [0.5, 0.6) is 0 Å². The predicted octanol–water partition coefficient (Wildman–Crippen LogP) is 2.20. The lowest BCUT2D eigenvalue weighted by atomic mass is 10.1. The van der Waals surface area contributed by atoms with Crippen molar-refractivity contribution in [2.24, 2.45) is 0 Å². The summed E-state index contributed by atoms with van der Waals surface area (Å²) in [5, 5.41) is 0. The first-order chi connectivity index (χ1) is 13.2. The molecule has 1 amide bonds. The van der Waals surface area contributed by atoms with Crippen LogP contribution in [0.2, 0.25) is 0 Å². The lowest BCUT2D eigenvalue weighted by Gasteiger charge is -2.40. The molecule has 2 saturated heterocycles. The molecule has 1 aromatic rings. The summed E-state index contributed by atoms with van der Waals surface area (Å²) in [7, 11) is 0. The molecule has 3 fully saturated rings. The van der Waals surface area contributed by atoms with Gasteiger partial charge in [-0.1, -0.05) is 25.0 Å². The normalized spacial score (nSPS) is 23.1. The van der Waals surface area contributed by atoms with E-state index in [0.717, 1.165) is 58.4 Å². The third-order valence-electron chi connectivity index (χ3n) is 6.61. The Kier molecular flexibility index (Phi) is 5.98. The predicted molar refractivity (Wildman–Crippen MR) is 110 cm³/mol. The minimum absolute atomic E-state index is 0.324. The molecule has 2 aliphatic heterocycles. The third-order valence-corrected chi connectivity index (χ3v) is 6.61. The Morgan fingerprint density at radius 1 is 0.963 bits per heavy atom. The van der Waals surface area contributed by atoms with Gasteiger partial charge in [0.1, 0.15) is 0 Å². The Hall–Kier alpha value is -1.59. The van der Waals surface area contributed by atoms with Crippen LogP contribution in [0.15, 0.2) is 24.3 Å².